The number of nitrogens with one attached hydrogen (secondary N) is 2. The molecule has 1 unspecified atom stereocenters. The number of hydrogen-bond acceptors (Lipinski definition) is 3. The van der Waals surface area contributed by atoms with Gasteiger partial charge >= 0.3 is 6.09 Å². The van der Waals surface area contributed by atoms with Crippen LogP contribution in [0.25, 0.3) is 0 Å². The maximum absolute atomic E-state index is 13.9. The number of alkyl carbamates (subject to hydrolysis) is 1. The van der Waals surface area contributed by atoms with E-state index in [1.165, 1.54) is 12.1 Å². The molecule has 0 fully saturated rings. The van der Waals surface area contributed by atoms with E-state index in [1.807, 2.05) is 0 Å². The second-order valence-electron chi connectivity index (χ2n) is 7.03. The van der Waals surface area contributed by atoms with E-state index < -0.39 is 30.7 Å². The van der Waals surface area contributed by atoms with Gasteiger partial charge in [-0.2, -0.15) is 0 Å². The first kappa shape index (κ1) is 18.6. The summed E-state index contributed by atoms with van der Waals surface area (Å²) in [6, 6.07) is 4.18. The van der Waals surface area contributed by atoms with Crippen molar-refractivity contribution >= 4 is 6.09 Å². The minimum Gasteiger partial charge on any atom is -0.444 e. The summed E-state index contributed by atoms with van der Waals surface area (Å²) in [6.07, 6.45) is 0.435. The van der Waals surface area contributed by atoms with E-state index in [0.717, 1.165) is 11.1 Å². The molecule has 0 saturated carbocycles. The van der Waals surface area contributed by atoms with Crippen molar-refractivity contribution in [2.45, 2.75) is 51.2 Å². The predicted molar refractivity (Wildman–Crippen MR) is 84.6 cm³/mol. The smallest absolute Gasteiger partial charge is 0.407 e. The lowest BCUT2D eigenvalue weighted by atomic mass is 10.1. The quantitative estimate of drug-likeness (QED) is 0.859. The first-order chi connectivity index (χ1) is 11.1. The van der Waals surface area contributed by atoms with Crippen molar-refractivity contribution in [2.75, 3.05) is 13.1 Å². The Bertz CT molecular complexity index is 600. The molecule has 2 rings (SSSR count). The highest BCUT2D eigenvalue weighted by Gasteiger charge is 2.32. The summed E-state index contributed by atoms with van der Waals surface area (Å²) < 4.78 is 45.9. The third kappa shape index (κ3) is 5.40. The maximum atomic E-state index is 13.9. The zero-order valence-electron chi connectivity index (χ0n) is 14.1. The van der Waals surface area contributed by atoms with E-state index in [4.69, 9.17) is 4.74 Å². The lowest BCUT2D eigenvalue weighted by molar-refractivity contribution is -0.00559. The standard InChI is InChI=1S/C17H23F3N2O2/c1-16(2,3)24-15(23)22-10-17(19,20)9-21-14-7-4-11-8-12(18)5-6-13(11)14/h5-6,8,14,21H,4,7,9-10H2,1-3H3,(H,22,23). The highest BCUT2D eigenvalue weighted by atomic mass is 19.3. The third-order valence-corrected chi connectivity index (χ3v) is 3.68. The van der Waals surface area contributed by atoms with Gasteiger partial charge in [0.25, 0.3) is 5.92 Å². The van der Waals surface area contributed by atoms with Crippen LogP contribution in [-0.2, 0) is 11.2 Å². The normalized spacial score (nSPS) is 17.5. The summed E-state index contributed by atoms with van der Waals surface area (Å²) in [5.41, 5.74) is 0.968. The van der Waals surface area contributed by atoms with E-state index in [2.05, 4.69) is 10.6 Å². The van der Waals surface area contributed by atoms with E-state index in [9.17, 15) is 18.0 Å². The molecule has 134 valence electrons. The number of carbonyl (C=O) groups excluding carboxylic acids is 1. The van der Waals surface area contributed by atoms with Gasteiger partial charge in [0, 0.05) is 6.04 Å². The van der Waals surface area contributed by atoms with Gasteiger partial charge in [0.15, 0.2) is 0 Å². The summed E-state index contributed by atoms with van der Waals surface area (Å²) in [6.45, 7) is 3.59. The second kappa shape index (κ2) is 7.01. The number of hydrogen-bond donors (Lipinski definition) is 2. The molecule has 0 aliphatic heterocycles. The van der Waals surface area contributed by atoms with Crippen molar-refractivity contribution in [1.29, 1.82) is 0 Å². The minimum atomic E-state index is -3.11. The van der Waals surface area contributed by atoms with Crippen molar-refractivity contribution in [2.24, 2.45) is 0 Å². The molecule has 4 nitrogen and oxygen atoms in total. The van der Waals surface area contributed by atoms with Crippen molar-refractivity contribution in [3.8, 4) is 0 Å². The zero-order valence-corrected chi connectivity index (χ0v) is 14.1. The van der Waals surface area contributed by atoms with Crippen LogP contribution >= 0.6 is 0 Å². The molecule has 7 heteroatoms. The number of alkyl halides is 2. The topological polar surface area (TPSA) is 50.4 Å². The second-order valence-corrected chi connectivity index (χ2v) is 7.03. The number of amides is 1. The van der Waals surface area contributed by atoms with Gasteiger partial charge in [0.2, 0.25) is 0 Å². The molecule has 0 spiro atoms. The first-order valence-corrected chi connectivity index (χ1v) is 7.92. The zero-order chi connectivity index (χ0) is 18.0. The number of aryl methyl sites for hydroxylation is 1. The van der Waals surface area contributed by atoms with Crippen molar-refractivity contribution in [1.82, 2.24) is 10.6 Å². The van der Waals surface area contributed by atoms with Crippen LogP contribution in [0.2, 0.25) is 0 Å². The fraction of sp³-hybridized carbons (Fsp3) is 0.588. The highest BCUT2D eigenvalue weighted by Crippen LogP contribution is 2.32. The summed E-state index contributed by atoms with van der Waals surface area (Å²) in [7, 11) is 0. The largest absolute Gasteiger partial charge is 0.444 e. The number of halogens is 3. The van der Waals surface area contributed by atoms with Crippen LogP contribution in [0.5, 0.6) is 0 Å². The molecule has 24 heavy (non-hydrogen) atoms. The fourth-order valence-corrected chi connectivity index (χ4v) is 2.65. The number of rotatable bonds is 5. The van der Waals surface area contributed by atoms with Crippen LogP contribution in [0.15, 0.2) is 18.2 Å². The van der Waals surface area contributed by atoms with Gasteiger partial charge < -0.3 is 15.4 Å². The van der Waals surface area contributed by atoms with E-state index in [0.29, 0.717) is 12.8 Å². The summed E-state index contributed by atoms with van der Waals surface area (Å²) in [5.74, 6) is -3.43. The maximum Gasteiger partial charge on any atom is 0.407 e. The average molecular weight is 344 g/mol. The Balaban J connectivity index is 1.82. The SMILES string of the molecule is CC(C)(C)OC(=O)NCC(F)(F)CNC1CCc2cc(F)ccc21. The van der Waals surface area contributed by atoms with Gasteiger partial charge in [-0.1, -0.05) is 6.07 Å². The van der Waals surface area contributed by atoms with Crippen molar-refractivity contribution in [3.63, 3.8) is 0 Å². The Hall–Kier alpha value is -1.76. The number of benzene rings is 1. The summed E-state index contributed by atoms with van der Waals surface area (Å²) >= 11 is 0. The molecule has 0 aromatic heterocycles. The molecule has 1 aliphatic rings. The van der Waals surface area contributed by atoms with Gasteiger partial charge in [-0.05, 0) is 56.9 Å². The number of ether oxygens (including phenoxy) is 1. The van der Waals surface area contributed by atoms with E-state index in [1.54, 1.807) is 26.8 Å². The van der Waals surface area contributed by atoms with Gasteiger partial charge in [0.1, 0.15) is 11.4 Å². The van der Waals surface area contributed by atoms with Gasteiger partial charge in [-0.15, -0.1) is 0 Å². The third-order valence-electron chi connectivity index (χ3n) is 3.68. The minimum absolute atomic E-state index is 0.229. The molecule has 1 amide bonds. The van der Waals surface area contributed by atoms with Crippen LogP contribution in [0.4, 0.5) is 18.0 Å². The molecular formula is C17H23F3N2O2. The Morgan fingerprint density at radius 1 is 1.29 bits per heavy atom. The van der Waals surface area contributed by atoms with Crippen LogP contribution in [-0.4, -0.2) is 30.7 Å². The molecule has 0 radical (unpaired) electrons. The predicted octanol–water partition coefficient (Wildman–Crippen LogP) is 3.56. The van der Waals surface area contributed by atoms with Gasteiger partial charge in [-0.25, -0.2) is 18.0 Å². The number of carbonyl (C=O) groups is 1. The molecule has 1 aromatic rings. The molecule has 1 aromatic carbocycles. The fourth-order valence-electron chi connectivity index (χ4n) is 2.65. The molecule has 1 aliphatic carbocycles. The van der Waals surface area contributed by atoms with E-state index >= 15 is 0 Å². The molecule has 2 N–H and O–H groups in total. The monoisotopic (exact) mass is 344 g/mol. The van der Waals surface area contributed by atoms with Crippen LogP contribution < -0.4 is 10.6 Å². The van der Waals surface area contributed by atoms with Crippen LogP contribution in [0.3, 0.4) is 0 Å². The lowest BCUT2D eigenvalue weighted by Gasteiger charge is -2.23. The lowest BCUT2D eigenvalue weighted by Crippen LogP contribution is -2.45. The average Bonchev–Trinajstić information content (AvgIpc) is 2.84. The summed E-state index contributed by atoms with van der Waals surface area (Å²) in [4.78, 5) is 11.4. The van der Waals surface area contributed by atoms with E-state index in [-0.39, 0.29) is 11.9 Å². The Morgan fingerprint density at radius 3 is 2.67 bits per heavy atom. The van der Waals surface area contributed by atoms with Crippen LogP contribution in [0, 0.1) is 5.82 Å². The molecule has 0 saturated heterocycles. The Labute approximate surface area is 139 Å². The first-order valence-electron chi connectivity index (χ1n) is 7.92. The Morgan fingerprint density at radius 2 is 2.00 bits per heavy atom. The molecule has 0 heterocycles. The summed E-state index contributed by atoms with van der Waals surface area (Å²) in [5, 5.41) is 4.89. The number of fused-ring (bicyclic) bond motifs is 1. The van der Waals surface area contributed by atoms with Crippen molar-refractivity contribution < 1.29 is 22.7 Å². The van der Waals surface area contributed by atoms with Gasteiger partial charge in [-0.3, -0.25) is 0 Å². The molecule has 0 bridgehead atoms. The molecule has 1 atom stereocenters. The Kier molecular flexibility index (Phi) is 5.42. The van der Waals surface area contributed by atoms with Crippen LogP contribution in [0.1, 0.15) is 44.4 Å². The molecular weight excluding hydrogens is 321 g/mol. The van der Waals surface area contributed by atoms with Crippen molar-refractivity contribution in [3.05, 3.63) is 35.1 Å². The van der Waals surface area contributed by atoms with Gasteiger partial charge in [0.05, 0.1) is 13.1 Å². The highest BCUT2D eigenvalue weighted by molar-refractivity contribution is 5.67.